The quantitative estimate of drug-likeness (QED) is 0.626. The SMILES string of the molecule is CC(F)(F)CC(F)(F)CC(F)(F)F. The van der Waals surface area contributed by atoms with Gasteiger partial charge in [-0.05, 0) is 6.92 Å². The van der Waals surface area contributed by atoms with Crippen LogP contribution in [0.15, 0.2) is 0 Å². The fraction of sp³-hybridized carbons (Fsp3) is 1.00. The van der Waals surface area contributed by atoms with E-state index >= 15 is 0 Å². The first kappa shape index (κ1) is 12.5. The molecule has 0 aromatic carbocycles. The Morgan fingerprint density at radius 3 is 1.38 bits per heavy atom. The Morgan fingerprint density at radius 1 is 0.769 bits per heavy atom. The van der Waals surface area contributed by atoms with E-state index < -0.39 is 30.9 Å². The van der Waals surface area contributed by atoms with Gasteiger partial charge in [0.1, 0.15) is 6.42 Å². The van der Waals surface area contributed by atoms with Crippen LogP contribution in [0.1, 0.15) is 19.8 Å². The number of alkyl halides is 7. The normalized spacial score (nSPS) is 14.8. The van der Waals surface area contributed by atoms with Gasteiger partial charge in [0.2, 0.25) is 0 Å². The van der Waals surface area contributed by atoms with Gasteiger partial charge in [0.15, 0.2) is 0 Å². The van der Waals surface area contributed by atoms with E-state index in [1.54, 1.807) is 0 Å². The minimum atomic E-state index is -5.13. The van der Waals surface area contributed by atoms with Crippen LogP contribution in [0.2, 0.25) is 0 Å². The summed E-state index contributed by atoms with van der Waals surface area (Å²) in [7, 11) is 0. The molecular formula is C6H7F7. The van der Waals surface area contributed by atoms with Gasteiger partial charge in [0.05, 0.1) is 6.42 Å². The summed E-state index contributed by atoms with van der Waals surface area (Å²) in [6, 6.07) is 0. The van der Waals surface area contributed by atoms with E-state index in [-0.39, 0.29) is 6.92 Å². The lowest BCUT2D eigenvalue weighted by molar-refractivity contribution is -0.203. The van der Waals surface area contributed by atoms with Crippen molar-refractivity contribution in [3.05, 3.63) is 0 Å². The molecule has 0 bridgehead atoms. The van der Waals surface area contributed by atoms with Crippen LogP contribution < -0.4 is 0 Å². The maximum Gasteiger partial charge on any atom is 0.394 e. The van der Waals surface area contributed by atoms with Crippen molar-refractivity contribution in [2.45, 2.75) is 37.8 Å². The van der Waals surface area contributed by atoms with Crippen LogP contribution in [0.25, 0.3) is 0 Å². The van der Waals surface area contributed by atoms with Crippen molar-refractivity contribution < 1.29 is 30.7 Å². The molecule has 0 saturated carbocycles. The first-order valence-corrected chi connectivity index (χ1v) is 3.24. The second-order valence-electron chi connectivity index (χ2n) is 2.89. The van der Waals surface area contributed by atoms with Crippen LogP contribution in [-0.2, 0) is 0 Å². The van der Waals surface area contributed by atoms with Crippen LogP contribution >= 0.6 is 0 Å². The highest BCUT2D eigenvalue weighted by Gasteiger charge is 2.48. The highest BCUT2D eigenvalue weighted by molar-refractivity contribution is 4.76. The van der Waals surface area contributed by atoms with Crippen LogP contribution in [-0.4, -0.2) is 18.0 Å². The van der Waals surface area contributed by atoms with E-state index in [0.717, 1.165) is 0 Å². The average Bonchev–Trinajstić information content (AvgIpc) is 1.43. The zero-order valence-electron chi connectivity index (χ0n) is 6.56. The highest BCUT2D eigenvalue weighted by Crippen LogP contribution is 2.38. The number of hydrogen-bond donors (Lipinski definition) is 0. The van der Waals surface area contributed by atoms with Gasteiger partial charge in [-0.1, -0.05) is 0 Å². The van der Waals surface area contributed by atoms with Crippen molar-refractivity contribution in [1.29, 1.82) is 0 Å². The summed E-state index contributed by atoms with van der Waals surface area (Å²) in [5.41, 5.74) is 0. The molecule has 0 fully saturated rings. The first-order chi connectivity index (χ1) is 5.41. The topological polar surface area (TPSA) is 0 Å². The fourth-order valence-electron chi connectivity index (χ4n) is 0.810. The zero-order chi connectivity index (χ0) is 10.9. The Balaban J connectivity index is 4.25. The van der Waals surface area contributed by atoms with Crippen molar-refractivity contribution in [3.8, 4) is 0 Å². The van der Waals surface area contributed by atoms with Crippen molar-refractivity contribution >= 4 is 0 Å². The van der Waals surface area contributed by atoms with Crippen molar-refractivity contribution in [2.24, 2.45) is 0 Å². The summed E-state index contributed by atoms with van der Waals surface area (Å²) in [5.74, 6) is -8.20. The Kier molecular flexibility index (Phi) is 3.21. The summed E-state index contributed by atoms with van der Waals surface area (Å²) in [6.07, 6.45) is -9.72. The molecule has 0 saturated heterocycles. The largest absolute Gasteiger partial charge is 0.394 e. The highest BCUT2D eigenvalue weighted by atomic mass is 19.4. The lowest BCUT2D eigenvalue weighted by atomic mass is 10.1. The molecule has 0 aliphatic carbocycles. The lowest BCUT2D eigenvalue weighted by Crippen LogP contribution is -2.31. The van der Waals surface area contributed by atoms with E-state index in [1.165, 1.54) is 0 Å². The summed E-state index contributed by atoms with van der Waals surface area (Å²) in [6.45, 7) is 0.150. The lowest BCUT2D eigenvalue weighted by Gasteiger charge is -2.21. The third kappa shape index (κ3) is 7.86. The van der Waals surface area contributed by atoms with Gasteiger partial charge in [-0.25, -0.2) is 17.6 Å². The maximum absolute atomic E-state index is 12.2. The smallest absolute Gasteiger partial charge is 0.207 e. The fourth-order valence-corrected chi connectivity index (χ4v) is 0.810. The molecule has 13 heavy (non-hydrogen) atoms. The minimum absolute atomic E-state index is 0.150. The van der Waals surface area contributed by atoms with E-state index in [4.69, 9.17) is 0 Å². The third-order valence-electron chi connectivity index (χ3n) is 1.03. The Hall–Kier alpha value is -0.490. The van der Waals surface area contributed by atoms with Gasteiger partial charge in [0.25, 0.3) is 11.8 Å². The predicted octanol–water partition coefficient (Wildman–Crippen LogP) is 3.62. The van der Waals surface area contributed by atoms with Crippen molar-refractivity contribution in [2.75, 3.05) is 0 Å². The number of rotatable bonds is 3. The van der Waals surface area contributed by atoms with Crippen LogP contribution in [0.3, 0.4) is 0 Å². The molecule has 0 aliphatic rings. The minimum Gasteiger partial charge on any atom is -0.207 e. The molecule has 7 heteroatoms. The predicted molar refractivity (Wildman–Crippen MR) is 30.9 cm³/mol. The Morgan fingerprint density at radius 2 is 1.15 bits per heavy atom. The van der Waals surface area contributed by atoms with E-state index in [0.29, 0.717) is 0 Å². The summed E-state index contributed by atoms with van der Waals surface area (Å²) in [4.78, 5) is 0. The third-order valence-corrected chi connectivity index (χ3v) is 1.03. The second-order valence-corrected chi connectivity index (χ2v) is 2.89. The molecular weight excluding hydrogens is 205 g/mol. The molecule has 0 spiro atoms. The average molecular weight is 212 g/mol. The Labute approximate surface area is 69.7 Å². The number of hydrogen-bond acceptors (Lipinski definition) is 0. The molecule has 0 unspecified atom stereocenters. The van der Waals surface area contributed by atoms with Crippen LogP contribution in [0.5, 0.6) is 0 Å². The van der Waals surface area contributed by atoms with E-state index in [1.807, 2.05) is 0 Å². The summed E-state index contributed by atoms with van der Waals surface area (Å²) in [5, 5.41) is 0. The molecule has 80 valence electrons. The molecule has 0 heterocycles. The molecule has 0 amide bonds. The van der Waals surface area contributed by atoms with Gasteiger partial charge < -0.3 is 0 Å². The van der Waals surface area contributed by atoms with Crippen molar-refractivity contribution in [3.63, 3.8) is 0 Å². The molecule has 0 radical (unpaired) electrons. The maximum atomic E-state index is 12.2. The molecule has 0 nitrogen and oxygen atoms in total. The van der Waals surface area contributed by atoms with Gasteiger partial charge in [-0.15, -0.1) is 0 Å². The number of halogens is 7. The summed E-state index contributed by atoms with van der Waals surface area (Å²) >= 11 is 0. The standard InChI is InChI=1S/C6H7F7/c1-4(7,8)2-5(9,10)3-6(11,12)13/h2-3H2,1H3. The van der Waals surface area contributed by atoms with Crippen LogP contribution in [0, 0.1) is 0 Å². The zero-order valence-corrected chi connectivity index (χ0v) is 6.56. The molecule has 0 rings (SSSR count). The van der Waals surface area contributed by atoms with Gasteiger partial charge >= 0.3 is 6.18 Å². The molecule has 0 aromatic heterocycles. The van der Waals surface area contributed by atoms with Crippen LogP contribution in [0.4, 0.5) is 30.7 Å². The Bertz CT molecular complexity index is 145. The van der Waals surface area contributed by atoms with Crippen molar-refractivity contribution in [1.82, 2.24) is 0 Å². The molecule has 0 N–H and O–H groups in total. The van der Waals surface area contributed by atoms with E-state index in [2.05, 4.69) is 0 Å². The van der Waals surface area contributed by atoms with Gasteiger partial charge in [-0.2, -0.15) is 13.2 Å². The second kappa shape index (κ2) is 3.34. The monoisotopic (exact) mass is 212 g/mol. The summed E-state index contributed by atoms with van der Waals surface area (Å²) < 4.78 is 82.5. The molecule has 0 atom stereocenters. The van der Waals surface area contributed by atoms with E-state index in [9.17, 15) is 30.7 Å². The molecule has 0 aliphatic heterocycles. The van der Waals surface area contributed by atoms with Gasteiger partial charge in [-0.3, -0.25) is 0 Å². The van der Waals surface area contributed by atoms with Gasteiger partial charge in [0, 0.05) is 0 Å². The first-order valence-electron chi connectivity index (χ1n) is 3.24. The molecule has 0 aromatic rings.